The highest BCUT2D eigenvalue weighted by molar-refractivity contribution is 7.99. The van der Waals surface area contributed by atoms with Crippen molar-refractivity contribution in [3.8, 4) is 0 Å². The summed E-state index contributed by atoms with van der Waals surface area (Å²) in [5.74, 6) is 0.792. The monoisotopic (exact) mass is 370 g/mol. The van der Waals surface area contributed by atoms with Crippen LogP contribution in [0.4, 0.5) is 9.59 Å². The summed E-state index contributed by atoms with van der Waals surface area (Å²) in [5, 5.41) is 2.75. The fourth-order valence-electron chi connectivity index (χ4n) is 3.24. The maximum Gasteiger partial charge on any atom is 0.409 e. The number of hydrogen-bond donors (Lipinski definition) is 1. The van der Waals surface area contributed by atoms with Gasteiger partial charge in [0.25, 0.3) is 5.91 Å². The summed E-state index contributed by atoms with van der Waals surface area (Å²) in [7, 11) is 0. The Kier molecular flexibility index (Phi) is 5.07. The number of imide groups is 1. The third-order valence-corrected chi connectivity index (χ3v) is 5.91. The largest absolute Gasteiger partial charge is 0.450 e. The molecule has 0 bridgehead atoms. The van der Waals surface area contributed by atoms with E-state index in [2.05, 4.69) is 5.32 Å². The molecular weight excluding hydrogens is 348 g/mol. The summed E-state index contributed by atoms with van der Waals surface area (Å²) in [6, 6.07) is -0.494. The number of ether oxygens (including phenoxy) is 1. The van der Waals surface area contributed by atoms with E-state index in [4.69, 9.17) is 4.74 Å². The van der Waals surface area contributed by atoms with Crippen LogP contribution < -0.4 is 5.32 Å². The first-order valence-electron chi connectivity index (χ1n) is 8.38. The molecule has 0 aromatic carbocycles. The van der Waals surface area contributed by atoms with Crippen LogP contribution in [0.2, 0.25) is 0 Å². The van der Waals surface area contributed by atoms with Crippen molar-refractivity contribution in [2.24, 2.45) is 0 Å². The highest BCUT2D eigenvalue weighted by Gasteiger charge is 2.53. The van der Waals surface area contributed by atoms with E-state index in [1.807, 2.05) is 0 Å². The maximum atomic E-state index is 12.6. The molecule has 3 saturated heterocycles. The van der Waals surface area contributed by atoms with Crippen molar-refractivity contribution in [3.05, 3.63) is 0 Å². The third kappa shape index (κ3) is 3.39. The van der Waals surface area contributed by atoms with Crippen LogP contribution >= 0.6 is 11.8 Å². The molecule has 3 rings (SSSR count). The predicted octanol–water partition coefficient (Wildman–Crippen LogP) is -0.285. The summed E-state index contributed by atoms with van der Waals surface area (Å²) in [4.78, 5) is 53.0. The van der Waals surface area contributed by atoms with Crippen LogP contribution in [-0.2, 0) is 14.3 Å². The van der Waals surface area contributed by atoms with Crippen LogP contribution in [-0.4, -0.2) is 95.0 Å². The Balaban J connectivity index is 1.54. The molecule has 3 fully saturated rings. The molecule has 0 aromatic heterocycles. The summed E-state index contributed by atoms with van der Waals surface area (Å²) < 4.78 is 4.94. The van der Waals surface area contributed by atoms with E-state index >= 15 is 0 Å². The fraction of sp³-hybridized carbons (Fsp3) is 0.733. The smallest absolute Gasteiger partial charge is 0.409 e. The normalized spacial score (nSPS) is 26.4. The molecule has 1 spiro atoms. The molecule has 0 saturated carbocycles. The molecule has 1 atom stereocenters. The lowest BCUT2D eigenvalue weighted by Gasteiger charge is -2.34. The van der Waals surface area contributed by atoms with Crippen molar-refractivity contribution < 1.29 is 23.9 Å². The van der Waals surface area contributed by atoms with Gasteiger partial charge in [-0.25, -0.2) is 9.59 Å². The lowest BCUT2D eigenvalue weighted by atomic mass is 9.99. The van der Waals surface area contributed by atoms with Gasteiger partial charge in [-0.15, -0.1) is 0 Å². The Hall–Kier alpha value is -1.97. The van der Waals surface area contributed by atoms with E-state index in [-0.39, 0.29) is 24.5 Å². The zero-order chi connectivity index (χ0) is 18.0. The van der Waals surface area contributed by atoms with E-state index in [9.17, 15) is 19.2 Å². The quantitative estimate of drug-likeness (QED) is 0.686. The van der Waals surface area contributed by atoms with Crippen molar-refractivity contribution in [3.63, 3.8) is 0 Å². The second-order valence-electron chi connectivity index (χ2n) is 6.27. The molecule has 3 aliphatic heterocycles. The summed E-state index contributed by atoms with van der Waals surface area (Å²) >= 11 is 1.62. The van der Waals surface area contributed by atoms with Gasteiger partial charge in [0.1, 0.15) is 12.1 Å². The van der Waals surface area contributed by atoms with Crippen LogP contribution in [0.5, 0.6) is 0 Å². The molecule has 138 valence electrons. The number of hydrogen-bond acceptors (Lipinski definition) is 6. The molecule has 0 radical (unpaired) electrons. The van der Waals surface area contributed by atoms with Gasteiger partial charge >= 0.3 is 12.1 Å². The zero-order valence-corrected chi connectivity index (χ0v) is 15.0. The topological polar surface area (TPSA) is 99.3 Å². The van der Waals surface area contributed by atoms with Gasteiger partial charge in [0.15, 0.2) is 0 Å². The highest BCUT2D eigenvalue weighted by Crippen LogP contribution is 2.33. The molecule has 5 amide bonds. The average Bonchev–Trinajstić information content (AvgIpc) is 3.16. The fourth-order valence-corrected chi connectivity index (χ4v) is 4.57. The van der Waals surface area contributed by atoms with Crippen molar-refractivity contribution in [1.29, 1.82) is 0 Å². The highest BCUT2D eigenvalue weighted by atomic mass is 32.2. The summed E-state index contributed by atoms with van der Waals surface area (Å²) in [6.07, 6.45) is 0.217. The lowest BCUT2D eigenvalue weighted by molar-refractivity contribution is -0.139. The molecule has 0 aliphatic carbocycles. The van der Waals surface area contributed by atoms with Crippen LogP contribution in [0.3, 0.4) is 0 Å². The van der Waals surface area contributed by atoms with Crippen molar-refractivity contribution in [2.75, 3.05) is 50.8 Å². The molecule has 9 nitrogen and oxygen atoms in total. The van der Waals surface area contributed by atoms with E-state index in [0.29, 0.717) is 45.0 Å². The second-order valence-corrected chi connectivity index (χ2v) is 7.38. The average molecular weight is 370 g/mol. The summed E-state index contributed by atoms with van der Waals surface area (Å²) in [5.41, 5.74) is -0.829. The Morgan fingerprint density at radius 1 is 1.20 bits per heavy atom. The minimum absolute atomic E-state index is 0.253. The number of carbonyl (C=O) groups is 4. The molecule has 1 unspecified atom stereocenters. The molecule has 1 N–H and O–H groups in total. The van der Waals surface area contributed by atoms with E-state index < -0.39 is 11.6 Å². The van der Waals surface area contributed by atoms with Gasteiger partial charge in [0, 0.05) is 31.9 Å². The number of thioether (sulfide) groups is 1. The summed E-state index contributed by atoms with van der Waals surface area (Å²) in [6.45, 7) is 3.28. The number of nitrogens with zero attached hydrogens (tertiary/aromatic N) is 3. The van der Waals surface area contributed by atoms with E-state index in [0.717, 1.165) is 10.7 Å². The van der Waals surface area contributed by atoms with Crippen LogP contribution in [0.15, 0.2) is 0 Å². The first-order valence-corrected chi connectivity index (χ1v) is 9.53. The maximum absolute atomic E-state index is 12.6. The minimum atomic E-state index is -0.829. The molecule has 25 heavy (non-hydrogen) atoms. The van der Waals surface area contributed by atoms with Crippen molar-refractivity contribution in [2.45, 2.75) is 18.9 Å². The van der Waals surface area contributed by atoms with Gasteiger partial charge in [0.05, 0.1) is 6.61 Å². The Bertz CT molecular complexity index is 584. The Morgan fingerprint density at radius 3 is 2.48 bits per heavy atom. The number of piperazine rings is 1. The lowest BCUT2D eigenvalue weighted by Crippen LogP contribution is -2.53. The van der Waals surface area contributed by atoms with Crippen LogP contribution in [0, 0.1) is 0 Å². The van der Waals surface area contributed by atoms with Gasteiger partial charge in [-0.05, 0) is 19.1 Å². The van der Waals surface area contributed by atoms with Crippen molar-refractivity contribution >= 4 is 35.7 Å². The zero-order valence-electron chi connectivity index (χ0n) is 14.2. The molecule has 10 heteroatoms. The third-order valence-electron chi connectivity index (χ3n) is 4.72. The minimum Gasteiger partial charge on any atom is -0.450 e. The van der Waals surface area contributed by atoms with Crippen molar-refractivity contribution in [1.82, 2.24) is 20.0 Å². The number of amides is 5. The standard InChI is InChI=1S/C15H22N4O5S/c1-2-24-14(23)18-6-4-17(5-7-18)11(20)9-19-12(21)15(16-13(19)22)3-8-25-10-15/h2-10H2,1H3,(H,16,22). The van der Waals surface area contributed by atoms with Gasteiger partial charge in [0.2, 0.25) is 5.91 Å². The number of nitrogens with one attached hydrogen (secondary N) is 1. The Morgan fingerprint density at radius 2 is 1.88 bits per heavy atom. The number of rotatable bonds is 3. The molecule has 3 aliphatic rings. The SMILES string of the molecule is CCOC(=O)N1CCN(C(=O)CN2C(=O)NC3(CCSC3)C2=O)CC1. The van der Waals surface area contributed by atoms with Gasteiger partial charge in [-0.3, -0.25) is 14.5 Å². The van der Waals surface area contributed by atoms with Gasteiger partial charge in [-0.2, -0.15) is 11.8 Å². The molecular formula is C15H22N4O5S. The number of urea groups is 1. The first kappa shape index (κ1) is 17.8. The molecule has 0 aromatic rings. The first-order chi connectivity index (χ1) is 12.0. The van der Waals surface area contributed by atoms with Gasteiger partial charge < -0.3 is 19.9 Å². The van der Waals surface area contributed by atoms with E-state index in [1.165, 1.54) is 0 Å². The van der Waals surface area contributed by atoms with Gasteiger partial charge in [-0.1, -0.05) is 0 Å². The molecule has 3 heterocycles. The Labute approximate surface area is 150 Å². The van der Waals surface area contributed by atoms with E-state index in [1.54, 1.807) is 28.5 Å². The van der Waals surface area contributed by atoms with Crippen LogP contribution in [0.1, 0.15) is 13.3 Å². The van der Waals surface area contributed by atoms with Crippen LogP contribution in [0.25, 0.3) is 0 Å². The second kappa shape index (κ2) is 7.11. The predicted molar refractivity (Wildman–Crippen MR) is 90.1 cm³/mol. The number of carbonyl (C=O) groups excluding carboxylic acids is 4.